The summed E-state index contributed by atoms with van der Waals surface area (Å²) in [4.78, 5) is 18.2. The first-order valence-electron chi connectivity index (χ1n) is 5.94. The van der Waals surface area contributed by atoms with Gasteiger partial charge in [-0.3, -0.25) is 4.79 Å². The molecule has 0 spiro atoms. The van der Waals surface area contributed by atoms with Crippen molar-refractivity contribution in [3.63, 3.8) is 0 Å². The fourth-order valence-corrected chi connectivity index (χ4v) is 0.830. The van der Waals surface area contributed by atoms with Gasteiger partial charge in [-0.25, -0.2) is 0 Å². The van der Waals surface area contributed by atoms with Crippen LogP contribution in [0.2, 0.25) is 0 Å². The van der Waals surface area contributed by atoms with Crippen LogP contribution in [0.3, 0.4) is 0 Å². The van der Waals surface area contributed by atoms with Crippen molar-refractivity contribution in [2.45, 2.75) is 27.2 Å². The van der Waals surface area contributed by atoms with Gasteiger partial charge in [-0.1, -0.05) is 24.6 Å². The summed E-state index contributed by atoms with van der Waals surface area (Å²) in [7, 11) is 1.50. The third-order valence-electron chi connectivity index (χ3n) is 1.67. The Hall–Kier alpha value is -1.88. The fourth-order valence-electron chi connectivity index (χ4n) is 0.830. The Kier molecular flexibility index (Phi) is 21.7. The lowest BCUT2D eigenvalue weighted by Gasteiger charge is -1.93. The third-order valence-corrected chi connectivity index (χ3v) is 1.67. The van der Waals surface area contributed by atoms with Crippen molar-refractivity contribution in [2.75, 3.05) is 19.4 Å². The molecule has 110 valence electrons. The van der Waals surface area contributed by atoms with Crippen molar-refractivity contribution < 1.29 is 14.3 Å². The number of hydrogen-bond donors (Lipinski definition) is 2. The summed E-state index contributed by atoms with van der Waals surface area (Å²) < 4.78 is 4.55. The standard InChI is InChI=1S/C7H9N.C5H10O2.CH5N.CH2O/c1-6-2-4-7(8)5-3-6;1-3-5(6)7-4-2;2*1-2/h2-5H,8H2,1H3;3-4H2,1-2H3;2H2,1H3;1H2. The van der Waals surface area contributed by atoms with Gasteiger partial charge in [0.2, 0.25) is 0 Å². The van der Waals surface area contributed by atoms with Crippen LogP contribution in [-0.4, -0.2) is 26.4 Å². The maximum absolute atomic E-state index is 10.2. The van der Waals surface area contributed by atoms with Crippen molar-refractivity contribution in [1.29, 1.82) is 0 Å². The monoisotopic (exact) mass is 270 g/mol. The van der Waals surface area contributed by atoms with Crippen molar-refractivity contribution >= 4 is 18.4 Å². The quantitative estimate of drug-likeness (QED) is 0.632. The highest BCUT2D eigenvalue weighted by Crippen LogP contribution is 2.02. The smallest absolute Gasteiger partial charge is 0.305 e. The van der Waals surface area contributed by atoms with E-state index in [2.05, 4.69) is 10.5 Å². The normalized spacial score (nSPS) is 7.42. The number of aryl methyl sites for hydroxylation is 1. The number of anilines is 1. The van der Waals surface area contributed by atoms with Gasteiger partial charge in [0.05, 0.1) is 6.61 Å². The molecule has 0 amide bonds. The predicted octanol–water partition coefficient (Wildman–Crippen LogP) is 1.93. The Morgan fingerprint density at radius 2 is 1.58 bits per heavy atom. The number of benzene rings is 1. The number of hydrogen-bond acceptors (Lipinski definition) is 5. The summed E-state index contributed by atoms with van der Waals surface area (Å²) in [6.45, 7) is 8.11. The van der Waals surface area contributed by atoms with Crippen molar-refractivity contribution in [1.82, 2.24) is 0 Å². The first-order valence-corrected chi connectivity index (χ1v) is 5.94. The molecule has 5 nitrogen and oxygen atoms in total. The van der Waals surface area contributed by atoms with Crippen molar-refractivity contribution in [2.24, 2.45) is 5.73 Å². The first-order chi connectivity index (χ1) is 9.10. The van der Waals surface area contributed by atoms with Gasteiger partial charge >= 0.3 is 5.97 Å². The number of ether oxygens (including phenoxy) is 1. The van der Waals surface area contributed by atoms with E-state index in [4.69, 9.17) is 10.5 Å². The van der Waals surface area contributed by atoms with E-state index in [-0.39, 0.29) is 5.97 Å². The molecule has 1 aromatic carbocycles. The molecule has 19 heavy (non-hydrogen) atoms. The van der Waals surface area contributed by atoms with Gasteiger partial charge in [0.25, 0.3) is 0 Å². The molecule has 0 radical (unpaired) electrons. The molecule has 0 aliphatic heterocycles. The molecule has 0 fully saturated rings. The number of rotatable bonds is 2. The Morgan fingerprint density at radius 1 is 1.16 bits per heavy atom. The Morgan fingerprint density at radius 3 is 1.79 bits per heavy atom. The molecule has 0 bridgehead atoms. The Bertz CT molecular complexity index is 279. The third kappa shape index (κ3) is 18.7. The van der Waals surface area contributed by atoms with Crippen molar-refractivity contribution in [3.05, 3.63) is 29.8 Å². The topological polar surface area (TPSA) is 95.4 Å². The lowest BCUT2D eigenvalue weighted by atomic mass is 10.2. The molecule has 0 aliphatic carbocycles. The van der Waals surface area contributed by atoms with Gasteiger partial charge < -0.3 is 21.0 Å². The highest BCUT2D eigenvalue weighted by molar-refractivity contribution is 5.68. The number of nitrogen functional groups attached to an aromatic ring is 1. The average molecular weight is 270 g/mol. The molecule has 0 heterocycles. The van der Waals surface area contributed by atoms with E-state index in [9.17, 15) is 4.79 Å². The molecule has 0 saturated carbocycles. The number of nitrogens with two attached hydrogens (primary N) is 2. The van der Waals surface area contributed by atoms with Crippen LogP contribution in [0.25, 0.3) is 0 Å². The molecule has 1 aromatic rings. The maximum Gasteiger partial charge on any atom is 0.305 e. The molecule has 0 atom stereocenters. The van der Waals surface area contributed by atoms with Gasteiger partial charge in [0.1, 0.15) is 6.79 Å². The molecule has 0 aromatic heterocycles. The lowest BCUT2D eigenvalue weighted by Crippen LogP contribution is -2.00. The summed E-state index contributed by atoms with van der Waals surface area (Å²) in [6, 6.07) is 7.79. The van der Waals surface area contributed by atoms with E-state index >= 15 is 0 Å². The average Bonchev–Trinajstić information content (AvgIpc) is 2.47. The van der Waals surface area contributed by atoms with Gasteiger partial charge in [-0.05, 0) is 33.0 Å². The number of esters is 1. The van der Waals surface area contributed by atoms with E-state index in [0.717, 1.165) is 5.69 Å². The minimum atomic E-state index is -0.123. The second kappa shape index (κ2) is 18.5. The van der Waals surface area contributed by atoms with Gasteiger partial charge in [0.15, 0.2) is 0 Å². The molecule has 4 N–H and O–H groups in total. The highest BCUT2D eigenvalue weighted by Gasteiger charge is 1.91. The number of carbonyl (C=O) groups is 2. The highest BCUT2D eigenvalue weighted by atomic mass is 16.5. The van der Waals surface area contributed by atoms with E-state index in [1.807, 2.05) is 38.0 Å². The second-order valence-electron chi connectivity index (χ2n) is 3.07. The van der Waals surface area contributed by atoms with Gasteiger partial charge in [0, 0.05) is 12.1 Å². The minimum Gasteiger partial charge on any atom is -0.466 e. The maximum atomic E-state index is 10.2. The van der Waals surface area contributed by atoms with Crippen LogP contribution in [0.5, 0.6) is 0 Å². The van der Waals surface area contributed by atoms with E-state index in [0.29, 0.717) is 13.0 Å². The second-order valence-corrected chi connectivity index (χ2v) is 3.07. The van der Waals surface area contributed by atoms with Crippen LogP contribution < -0.4 is 11.5 Å². The summed E-state index contributed by atoms with van der Waals surface area (Å²) in [5.74, 6) is -0.123. The van der Waals surface area contributed by atoms with Crippen LogP contribution in [0.15, 0.2) is 24.3 Å². The predicted molar refractivity (Wildman–Crippen MR) is 79.7 cm³/mol. The van der Waals surface area contributed by atoms with E-state index in [1.165, 1.54) is 12.6 Å². The Labute approximate surface area is 115 Å². The molecule has 0 unspecified atom stereocenters. The molecule has 0 aliphatic rings. The zero-order valence-electron chi connectivity index (χ0n) is 12.3. The van der Waals surface area contributed by atoms with Gasteiger partial charge in [-0.15, -0.1) is 0 Å². The zero-order valence-corrected chi connectivity index (χ0v) is 12.3. The summed E-state index contributed by atoms with van der Waals surface area (Å²) in [5.41, 5.74) is 12.0. The van der Waals surface area contributed by atoms with Crippen LogP contribution in [0.4, 0.5) is 5.69 Å². The zero-order chi connectivity index (χ0) is 15.7. The molecule has 5 heteroatoms. The summed E-state index contributed by atoms with van der Waals surface area (Å²) >= 11 is 0. The van der Waals surface area contributed by atoms with Gasteiger partial charge in [-0.2, -0.15) is 0 Å². The van der Waals surface area contributed by atoms with Crippen LogP contribution in [0, 0.1) is 6.92 Å². The van der Waals surface area contributed by atoms with E-state index in [1.54, 1.807) is 13.8 Å². The SMILES string of the molecule is C=O.CCOC(=O)CC.CN.Cc1ccc(N)cc1. The van der Waals surface area contributed by atoms with E-state index < -0.39 is 0 Å². The van der Waals surface area contributed by atoms with Crippen molar-refractivity contribution in [3.8, 4) is 0 Å². The molecule has 1 rings (SSSR count). The van der Waals surface area contributed by atoms with Crippen LogP contribution >= 0.6 is 0 Å². The Balaban J connectivity index is -0.000000215. The minimum absolute atomic E-state index is 0.123. The number of carbonyl (C=O) groups excluding carboxylic acids is 2. The molecular weight excluding hydrogens is 244 g/mol. The summed E-state index contributed by atoms with van der Waals surface area (Å²) in [6.07, 6.45) is 0.480. The fraction of sp³-hybridized carbons (Fsp3) is 0.429. The lowest BCUT2D eigenvalue weighted by molar-refractivity contribution is -0.142. The largest absolute Gasteiger partial charge is 0.466 e. The van der Waals surface area contributed by atoms with Crippen LogP contribution in [-0.2, 0) is 14.3 Å². The summed E-state index contributed by atoms with van der Waals surface area (Å²) in [5, 5.41) is 0. The van der Waals surface area contributed by atoms with Crippen LogP contribution in [0.1, 0.15) is 25.8 Å². The first kappa shape index (κ1) is 22.3. The molecule has 0 saturated heterocycles. The molecular formula is C14H26N2O3.